The summed E-state index contributed by atoms with van der Waals surface area (Å²) in [6.07, 6.45) is 2.50. The Morgan fingerprint density at radius 1 is 1.29 bits per heavy atom. The van der Waals surface area contributed by atoms with Gasteiger partial charge in [-0.05, 0) is 45.4 Å². The average molecular weight is 309 g/mol. The molecule has 0 amide bonds. The second-order valence-corrected chi connectivity index (χ2v) is 7.91. The molecule has 0 saturated heterocycles. The van der Waals surface area contributed by atoms with Gasteiger partial charge < -0.3 is 0 Å². The zero-order chi connectivity index (χ0) is 15.6. The van der Waals surface area contributed by atoms with Crippen molar-refractivity contribution in [3.63, 3.8) is 0 Å². The molecule has 0 bridgehead atoms. The molecule has 0 saturated carbocycles. The molecular formula is C15H20FN3OS. The lowest BCUT2D eigenvalue weighted by atomic mass is 10.1. The van der Waals surface area contributed by atoms with Gasteiger partial charge in [-0.15, -0.1) is 0 Å². The van der Waals surface area contributed by atoms with Crippen LogP contribution < -0.4 is 4.72 Å². The maximum absolute atomic E-state index is 12.9. The van der Waals surface area contributed by atoms with E-state index in [0.29, 0.717) is 0 Å². The first-order valence-electron chi connectivity index (χ1n) is 6.76. The number of benzene rings is 1. The monoisotopic (exact) mass is 309 g/mol. The quantitative estimate of drug-likeness (QED) is 0.943. The molecule has 1 aromatic heterocycles. The van der Waals surface area contributed by atoms with E-state index in [1.165, 1.54) is 17.1 Å². The number of hydrogen-bond donors (Lipinski definition) is 1. The van der Waals surface area contributed by atoms with Crippen molar-refractivity contribution in [2.24, 2.45) is 0 Å². The summed E-state index contributed by atoms with van der Waals surface area (Å²) in [7, 11) is -1.12. The summed E-state index contributed by atoms with van der Waals surface area (Å²) >= 11 is 0. The third-order valence-electron chi connectivity index (χ3n) is 3.05. The molecule has 0 radical (unpaired) electrons. The van der Waals surface area contributed by atoms with Crippen LogP contribution >= 0.6 is 0 Å². The fourth-order valence-electron chi connectivity index (χ4n) is 1.76. The van der Waals surface area contributed by atoms with Gasteiger partial charge >= 0.3 is 0 Å². The molecule has 0 aliphatic rings. The van der Waals surface area contributed by atoms with Crippen LogP contribution in [-0.2, 0) is 11.0 Å². The lowest BCUT2D eigenvalue weighted by Crippen LogP contribution is -2.34. The van der Waals surface area contributed by atoms with E-state index in [4.69, 9.17) is 0 Å². The molecule has 0 unspecified atom stereocenters. The minimum Gasteiger partial charge on any atom is -0.242 e. The summed E-state index contributed by atoms with van der Waals surface area (Å²) in [5.41, 5.74) is 1.80. The van der Waals surface area contributed by atoms with E-state index in [2.05, 4.69) is 9.82 Å². The summed E-state index contributed by atoms with van der Waals surface area (Å²) in [4.78, 5) is 0. The number of halogens is 1. The predicted molar refractivity (Wildman–Crippen MR) is 83.0 cm³/mol. The summed E-state index contributed by atoms with van der Waals surface area (Å²) in [5, 5.41) is 3.92. The Labute approximate surface area is 127 Å². The molecule has 114 valence electrons. The topological polar surface area (TPSA) is 46.9 Å². The third-order valence-corrected chi connectivity index (χ3v) is 4.73. The standard InChI is InChI=1S/C15H20FN3OS/c1-11(18-21(20)15(2,3)4)12-5-7-14(8-6-12)19-10-13(16)9-17-19/h5-11,18H,1-4H3/t11-,21+/m0/s1. The Hall–Kier alpha value is -1.53. The molecule has 1 aromatic carbocycles. The van der Waals surface area contributed by atoms with Crippen molar-refractivity contribution in [3.8, 4) is 5.69 Å². The Morgan fingerprint density at radius 3 is 2.38 bits per heavy atom. The lowest BCUT2D eigenvalue weighted by molar-refractivity contribution is 0.616. The summed E-state index contributed by atoms with van der Waals surface area (Å²) in [5.74, 6) is -0.366. The molecule has 0 spiro atoms. The summed E-state index contributed by atoms with van der Waals surface area (Å²) in [6.45, 7) is 7.75. The highest BCUT2D eigenvalue weighted by molar-refractivity contribution is 7.84. The number of aromatic nitrogens is 2. The minimum atomic E-state index is -1.12. The molecule has 0 aliphatic heterocycles. The average Bonchev–Trinajstić information content (AvgIpc) is 2.84. The Balaban J connectivity index is 2.10. The van der Waals surface area contributed by atoms with Gasteiger partial charge in [0.2, 0.25) is 0 Å². The first kappa shape index (κ1) is 15.9. The smallest absolute Gasteiger partial charge is 0.161 e. The van der Waals surface area contributed by atoms with Gasteiger partial charge in [0.15, 0.2) is 5.82 Å². The van der Waals surface area contributed by atoms with Crippen LogP contribution in [-0.4, -0.2) is 18.7 Å². The first-order chi connectivity index (χ1) is 9.77. The molecule has 6 heteroatoms. The molecule has 2 atom stereocenters. The molecule has 2 aromatic rings. The van der Waals surface area contributed by atoms with Gasteiger partial charge in [-0.1, -0.05) is 12.1 Å². The van der Waals surface area contributed by atoms with Crippen LogP contribution in [0.4, 0.5) is 4.39 Å². The fraction of sp³-hybridized carbons (Fsp3) is 0.400. The number of rotatable bonds is 4. The molecule has 21 heavy (non-hydrogen) atoms. The predicted octanol–water partition coefficient (Wildman–Crippen LogP) is 3.12. The van der Waals surface area contributed by atoms with Gasteiger partial charge in [0.05, 0.1) is 33.8 Å². The first-order valence-corrected chi connectivity index (χ1v) is 7.91. The Kier molecular flexibility index (Phi) is 4.58. The SMILES string of the molecule is C[C@H](N[S@](=O)C(C)(C)C)c1ccc(-n2cc(F)cn2)cc1. The van der Waals surface area contributed by atoms with Crippen LogP contribution in [0.5, 0.6) is 0 Å². The molecule has 2 rings (SSSR count). The molecule has 0 aliphatic carbocycles. The van der Waals surface area contributed by atoms with Crippen molar-refractivity contribution >= 4 is 11.0 Å². The van der Waals surface area contributed by atoms with E-state index in [9.17, 15) is 8.60 Å². The summed E-state index contributed by atoms with van der Waals surface area (Å²) in [6, 6.07) is 7.53. The van der Waals surface area contributed by atoms with E-state index >= 15 is 0 Å². The van der Waals surface area contributed by atoms with Crippen molar-refractivity contribution in [3.05, 3.63) is 48.0 Å². The van der Waals surface area contributed by atoms with Crippen LogP contribution in [0.1, 0.15) is 39.3 Å². The van der Waals surface area contributed by atoms with Crippen LogP contribution in [0, 0.1) is 5.82 Å². The van der Waals surface area contributed by atoms with E-state index in [1.807, 2.05) is 52.0 Å². The maximum atomic E-state index is 12.9. The number of nitrogens with one attached hydrogen (secondary N) is 1. The van der Waals surface area contributed by atoms with Crippen LogP contribution in [0.3, 0.4) is 0 Å². The van der Waals surface area contributed by atoms with Crippen LogP contribution in [0.2, 0.25) is 0 Å². The fourth-order valence-corrected chi connectivity index (χ4v) is 2.57. The highest BCUT2D eigenvalue weighted by Gasteiger charge is 2.21. The Bertz CT molecular complexity index is 631. The lowest BCUT2D eigenvalue weighted by Gasteiger charge is -2.22. The van der Waals surface area contributed by atoms with Crippen LogP contribution in [0.15, 0.2) is 36.7 Å². The van der Waals surface area contributed by atoms with E-state index < -0.39 is 11.0 Å². The Morgan fingerprint density at radius 2 is 1.90 bits per heavy atom. The highest BCUT2D eigenvalue weighted by atomic mass is 32.2. The molecular weight excluding hydrogens is 289 g/mol. The van der Waals surface area contributed by atoms with Crippen molar-refractivity contribution in [2.45, 2.75) is 38.5 Å². The molecule has 1 N–H and O–H groups in total. The maximum Gasteiger partial charge on any atom is 0.161 e. The molecule has 0 fully saturated rings. The van der Waals surface area contributed by atoms with Gasteiger partial charge in [-0.2, -0.15) is 5.10 Å². The molecule has 4 nitrogen and oxygen atoms in total. The molecule has 1 heterocycles. The van der Waals surface area contributed by atoms with Gasteiger partial charge in [-0.3, -0.25) is 0 Å². The van der Waals surface area contributed by atoms with Gasteiger partial charge in [0.25, 0.3) is 0 Å². The second-order valence-electron chi connectivity index (χ2n) is 5.92. The van der Waals surface area contributed by atoms with Gasteiger partial charge in [-0.25, -0.2) is 18.0 Å². The minimum absolute atomic E-state index is 0.0338. The van der Waals surface area contributed by atoms with Crippen molar-refractivity contribution in [2.75, 3.05) is 0 Å². The van der Waals surface area contributed by atoms with Gasteiger partial charge in [0.1, 0.15) is 0 Å². The van der Waals surface area contributed by atoms with E-state index in [-0.39, 0.29) is 16.6 Å². The largest absolute Gasteiger partial charge is 0.242 e. The summed E-state index contributed by atoms with van der Waals surface area (Å²) < 4.78 is 29.3. The number of nitrogens with zero attached hydrogens (tertiary/aromatic N) is 2. The van der Waals surface area contributed by atoms with E-state index in [0.717, 1.165) is 11.3 Å². The third kappa shape index (κ3) is 3.98. The zero-order valence-electron chi connectivity index (χ0n) is 12.6. The van der Waals surface area contributed by atoms with Crippen molar-refractivity contribution in [1.29, 1.82) is 0 Å². The van der Waals surface area contributed by atoms with Crippen molar-refractivity contribution < 1.29 is 8.60 Å². The van der Waals surface area contributed by atoms with Crippen LogP contribution in [0.25, 0.3) is 5.69 Å². The second kappa shape index (κ2) is 6.07. The van der Waals surface area contributed by atoms with Gasteiger partial charge in [0, 0.05) is 6.04 Å². The van der Waals surface area contributed by atoms with E-state index in [1.54, 1.807) is 0 Å². The highest BCUT2D eigenvalue weighted by Crippen LogP contribution is 2.18. The number of hydrogen-bond acceptors (Lipinski definition) is 2. The normalized spacial score (nSPS) is 14.9. The van der Waals surface area contributed by atoms with Crippen molar-refractivity contribution in [1.82, 2.24) is 14.5 Å². The zero-order valence-corrected chi connectivity index (χ0v) is 13.4.